The normalized spacial score (nSPS) is 22.4. The van der Waals surface area contributed by atoms with Crippen molar-refractivity contribution in [2.45, 2.75) is 12.0 Å². The predicted octanol–water partition coefficient (Wildman–Crippen LogP) is 2.18. The molecule has 0 aliphatic heterocycles. The molecule has 1 aromatic rings. The van der Waals surface area contributed by atoms with Crippen molar-refractivity contribution >= 4 is 27.4 Å². The van der Waals surface area contributed by atoms with E-state index in [9.17, 15) is 8.42 Å². The highest BCUT2D eigenvalue weighted by atomic mass is 35.5. The Balaban J connectivity index is 2.05. The molecule has 1 aromatic carbocycles. The number of halogens is 1. The van der Waals surface area contributed by atoms with E-state index in [1.54, 1.807) is 30.3 Å². The van der Waals surface area contributed by atoms with Crippen LogP contribution in [-0.2, 0) is 10.1 Å². The van der Waals surface area contributed by atoms with Crippen LogP contribution in [0, 0.1) is 0 Å². The van der Waals surface area contributed by atoms with E-state index >= 15 is 0 Å². The van der Waals surface area contributed by atoms with E-state index in [4.69, 9.17) is 21.9 Å². The summed E-state index contributed by atoms with van der Waals surface area (Å²) in [4.78, 5) is -0.0830. The molecule has 0 saturated heterocycles. The van der Waals surface area contributed by atoms with Crippen LogP contribution in [0.25, 0.3) is 0 Å². The molecule has 0 saturated carbocycles. The largest absolute Gasteiger partial charge is 0.383 e. The summed E-state index contributed by atoms with van der Waals surface area (Å²) < 4.78 is 31.4. The van der Waals surface area contributed by atoms with E-state index in [1.165, 1.54) is 12.2 Å². The average molecular weight is 315 g/mol. The lowest BCUT2D eigenvalue weighted by atomic mass is 9.92. The van der Waals surface area contributed by atoms with Gasteiger partial charge in [0.2, 0.25) is 0 Å². The Labute approximate surface area is 122 Å². The van der Waals surface area contributed by atoms with Crippen molar-refractivity contribution in [2.24, 2.45) is 5.73 Å². The maximum atomic E-state index is 11.1. The minimum atomic E-state index is -4.20. The molecule has 2 rings (SSSR count). The molecule has 0 spiro atoms. The van der Waals surface area contributed by atoms with Crippen molar-refractivity contribution in [3.05, 3.63) is 52.4 Å². The zero-order valence-corrected chi connectivity index (χ0v) is 12.2. The molecule has 0 amide bonds. The second kappa shape index (κ2) is 5.57. The monoisotopic (exact) mass is 314 g/mol. The molecular weight excluding hydrogens is 300 g/mol. The third kappa shape index (κ3) is 3.83. The zero-order chi connectivity index (χ0) is 14.8. The summed E-state index contributed by atoms with van der Waals surface area (Å²) in [6.07, 6.45) is 4.65. The van der Waals surface area contributed by atoms with Gasteiger partial charge < -0.3 is 11.1 Å². The number of rotatable bonds is 4. The van der Waals surface area contributed by atoms with Crippen molar-refractivity contribution in [1.29, 1.82) is 0 Å². The van der Waals surface area contributed by atoms with E-state index in [1.807, 2.05) is 0 Å². The lowest BCUT2D eigenvalue weighted by molar-refractivity contribution is 0.478. The molecule has 0 radical (unpaired) electrons. The lowest BCUT2D eigenvalue weighted by Gasteiger charge is -2.29. The summed E-state index contributed by atoms with van der Waals surface area (Å²) in [5, 5.41) is 3.75. The Hall–Kier alpha value is -1.34. The Bertz CT molecular complexity index is 653. The third-order valence-electron chi connectivity index (χ3n) is 3.01. The first-order chi connectivity index (χ1) is 9.28. The molecule has 1 unspecified atom stereocenters. The third-order valence-corrected chi connectivity index (χ3v) is 4.21. The fourth-order valence-electron chi connectivity index (χ4n) is 1.92. The standard InChI is InChI=1S/C13H15ClN2O3S/c14-10-3-5-11(6-4-10)16-9-13(15)7-1-2-12(8-13)20(17,18)19/h1-7,16H,8-9,15H2,(H,17,18,19). The van der Waals surface area contributed by atoms with Crippen molar-refractivity contribution in [3.63, 3.8) is 0 Å². The maximum absolute atomic E-state index is 11.1. The summed E-state index contributed by atoms with van der Waals surface area (Å²) in [6, 6.07) is 7.09. The van der Waals surface area contributed by atoms with Crippen molar-refractivity contribution in [3.8, 4) is 0 Å². The number of nitrogens with one attached hydrogen (secondary N) is 1. The van der Waals surface area contributed by atoms with Crippen LogP contribution in [0.3, 0.4) is 0 Å². The van der Waals surface area contributed by atoms with Crippen molar-refractivity contribution < 1.29 is 13.0 Å². The first kappa shape index (κ1) is 15.1. The topological polar surface area (TPSA) is 92.4 Å². The molecule has 1 aliphatic carbocycles. The molecule has 20 heavy (non-hydrogen) atoms. The van der Waals surface area contributed by atoms with Gasteiger partial charge in [0.25, 0.3) is 10.1 Å². The van der Waals surface area contributed by atoms with E-state index in [0.717, 1.165) is 5.69 Å². The van der Waals surface area contributed by atoms with Crippen LogP contribution in [0.1, 0.15) is 6.42 Å². The number of anilines is 1. The molecule has 108 valence electrons. The summed E-state index contributed by atoms with van der Waals surface area (Å²) in [5.74, 6) is 0. The summed E-state index contributed by atoms with van der Waals surface area (Å²) in [5.41, 5.74) is 6.09. The second-order valence-electron chi connectivity index (χ2n) is 4.74. The highest BCUT2D eigenvalue weighted by molar-refractivity contribution is 7.89. The van der Waals surface area contributed by atoms with Crippen molar-refractivity contribution in [1.82, 2.24) is 0 Å². The van der Waals surface area contributed by atoms with Crippen LogP contribution in [0.15, 0.2) is 47.4 Å². The van der Waals surface area contributed by atoms with Gasteiger partial charge in [0, 0.05) is 23.7 Å². The van der Waals surface area contributed by atoms with Gasteiger partial charge in [0.1, 0.15) is 0 Å². The minimum absolute atomic E-state index is 0.0446. The summed E-state index contributed by atoms with van der Waals surface area (Å²) in [6.45, 7) is 0.331. The SMILES string of the molecule is NC1(CNc2ccc(Cl)cc2)C=CC=C(S(=O)(=O)O)C1. The van der Waals surface area contributed by atoms with Gasteiger partial charge in [-0.25, -0.2) is 0 Å². The summed E-state index contributed by atoms with van der Waals surface area (Å²) >= 11 is 5.79. The Morgan fingerprint density at radius 1 is 1.35 bits per heavy atom. The van der Waals surface area contributed by atoms with Gasteiger partial charge in [-0.15, -0.1) is 0 Å². The fraction of sp³-hybridized carbons (Fsp3) is 0.231. The van der Waals surface area contributed by atoms with E-state index in [2.05, 4.69) is 5.32 Å². The molecule has 0 heterocycles. The van der Waals surface area contributed by atoms with Gasteiger partial charge in [-0.2, -0.15) is 8.42 Å². The van der Waals surface area contributed by atoms with Gasteiger partial charge in [-0.3, -0.25) is 4.55 Å². The van der Waals surface area contributed by atoms with Gasteiger partial charge in [0.15, 0.2) is 0 Å². The molecule has 0 fully saturated rings. The number of benzene rings is 1. The molecule has 0 bridgehead atoms. The number of hydrogen-bond donors (Lipinski definition) is 3. The van der Waals surface area contributed by atoms with E-state index in [0.29, 0.717) is 11.6 Å². The van der Waals surface area contributed by atoms with Crippen LogP contribution in [0.4, 0.5) is 5.69 Å². The quantitative estimate of drug-likeness (QED) is 0.741. The lowest BCUT2D eigenvalue weighted by Crippen LogP contribution is -2.46. The van der Waals surface area contributed by atoms with Crippen LogP contribution in [-0.4, -0.2) is 25.1 Å². The molecular formula is C13H15ClN2O3S. The highest BCUT2D eigenvalue weighted by Gasteiger charge is 2.30. The zero-order valence-electron chi connectivity index (χ0n) is 10.6. The molecule has 5 nitrogen and oxygen atoms in total. The van der Waals surface area contributed by atoms with Gasteiger partial charge >= 0.3 is 0 Å². The van der Waals surface area contributed by atoms with Gasteiger partial charge in [-0.1, -0.05) is 23.8 Å². The minimum Gasteiger partial charge on any atom is -0.383 e. The molecule has 0 aromatic heterocycles. The van der Waals surface area contributed by atoms with E-state index in [-0.39, 0.29) is 11.3 Å². The first-order valence-electron chi connectivity index (χ1n) is 5.93. The van der Waals surface area contributed by atoms with Crippen LogP contribution >= 0.6 is 11.6 Å². The second-order valence-corrected chi connectivity index (χ2v) is 6.65. The number of hydrogen-bond acceptors (Lipinski definition) is 4. The first-order valence-corrected chi connectivity index (χ1v) is 7.75. The molecule has 1 atom stereocenters. The average Bonchev–Trinajstić information content (AvgIpc) is 2.37. The summed E-state index contributed by atoms with van der Waals surface area (Å²) in [7, 11) is -4.20. The van der Waals surface area contributed by atoms with Crippen molar-refractivity contribution in [2.75, 3.05) is 11.9 Å². The smallest absolute Gasteiger partial charge is 0.290 e. The number of allylic oxidation sites excluding steroid dienone is 2. The highest BCUT2D eigenvalue weighted by Crippen LogP contribution is 2.25. The van der Waals surface area contributed by atoms with Gasteiger partial charge in [0.05, 0.1) is 10.4 Å². The Kier molecular flexibility index (Phi) is 4.19. The molecule has 7 heteroatoms. The van der Waals surface area contributed by atoms with Crippen LogP contribution in [0.2, 0.25) is 5.02 Å². The Morgan fingerprint density at radius 3 is 2.60 bits per heavy atom. The molecule has 4 N–H and O–H groups in total. The van der Waals surface area contributed by atoms with Crippen LogP contribution < -0.4 is 11.1 Å². The number of nitrogens with two attached hydrogens (primary N) is 1. The predicted molar refractivity (Wildman–Crippen MR) is 80.2 cm³/mol. The maximum Gasteiger partial charge on any atom is 0.290 e. The fourth-order valence-corrected chi connectivity index (χ4v) is 2.75. The van der Waals surface area contributed by atoms with Gasteiger partial charge in [-0.05, 0) is 30.3 Å². The molecule has 1 aliphatic rings. The van der Waals surface area contributed by atoms with Crippen LogP contribution in [0.5, 0.6) is 0 Å². The van der Waals surface area contributed by atoms with E-state index < -0.39 is 15.7 Å². The Morgan fingerprint density at radius 2 is 2.00 bits per heavy atom.